The summed E-state index contributed by atoms with van der Waals surface area (Å²) in [6, 6.07) is 1.05. The van der Waals surface area contributed by atoms with E-state index in [0.29, 0.717) is 35.8 Å². The normalized spacial score (nSPS) is 33.5. The minimum atomic E-state index is -0.0667. The van der Waals surface area contributed by atoms with E-state index in [1.807, 2.05) is 0 Å². The Morgan fingerprint density at radius 3 is 1.58 bits per heavy atom. The van der Waals surface area contributed by atoms with Gasteiger partial charge in [0, 0.05) is 23.6 Å². The lowest BCUT2D eigenvalue weighted by Crippen LogP contribution is -2.58. The highest BCUT2D eigenvalue weighted by molar-refractivity contribution is 5.91. The number of nitrogens with zero attached hydrogens (tertiary/aromatic N) is 1. The van der Waals surface area contributed by atoms with Gasteiger partial charge in [-0.15, -0.1) is 0 Å². The highest BCUT2D eigenvalue weighted by Crippen LogP contribution is 2.41. The smallest absolute Gasteiger partial charge is 0.0921 e. The van der Waals surface area contributed by atoms with E-state index < -0.39 is 0 Å². The van der Waals surface area contributed by atoms with E-state index in [-0.39, 0.29) is 5.54 Å². The van der Waals surface area contributed by atoms with E-state index in [1.54, 1.807) is 0 Å². The van der Waals surface area contributed by atoms with Crippen molar-refractivity contribution in [1.82, 2.24) is 5.32 Å². The van der Waals surface area contributed by atoms with E-state index in [4.69, 9.17) is 4.99 Å². The number of rotatable bonds is 8. The first-order valence-corrected chi connectivity index (χ1v) is 13.5. The van der Waals surface area contributed by atoms with Gasteiger partial charge >= 0.3 is 0 Å². The second kappa shape index (κ2) is 11.1. The molecule has 0 heterocycles. The molecule has 31 heavy (non-hydrogen) atoms. The maximum Gasteiger partial charge on any atom is 0.0921 e. The Bertz CT molecular complexity index is 539. The lowest BCUT2D eigenvalue weighted by atomic mass is 9.67. The molecule has 0 aromatic heterocycles. The molecule has 4 atom stereocenters. The number of nitrogens with one attached hydrogen (secondary N) is 1. The minimum absolute atomic E-state index is 0.0667. The van der Waals surface area contributed by atoms with Crippen LogP contribution in [0.3, 0.4) is 0 Å². The third-order valence-corrected chi connectivity index (χ3v) is 8.95. The molecule has 0 aromatic rings. The van der Waals surface area contributed by atoms with E-state index in [2.05, 4.69) is 87.9 Å². The second-order valence-electron chi connectivity index (χ2n) is 12.8. The van der Waals surface area contributed by atoms with Crippen LogP contribution in [0.2, 0.25) is 0 Å². The predicted molar refractivity (Wildman–Crippen MR) is 139 cm³/mol. The van der Waals surface area contributed by atoms with Crippen molar-refractivity contribution in [3.05, 3.63) is 6.42 Å². The molecule has 2 saturated carbocycles. The lowest BCUT2D eigenvalue weighted by Gasteiger charge is -2.45. The monoisotopic (exact) mass is 431 g/mol. The Morgan fingerprint density at radius 2 is 1.19 bits per heavy atom. The molecule has 0 bridgehead atoms. The molecule has 180 valence electrons. The van der Waals surface area contributed by atoms with Crippen molar-refractivity contribution in [3.8, 4) is 0 Å². The van der Waals surface area contributed by atoms with Crippen LogP contribution in [0.4, 0.5) is 0 Å². The van der Waals surface area contributed by atoms with Gasteiger partial charge in [0.05, 0.1) is 30.8 Å². The van der Waals surface area contributed by atoms with Gasteiger partial charge in [0.2, 0.25) is 0 Å². The zero-order chi connectivity index (χ0) is 23.5. The van der Waals surface area contributed by atoms with Crippen molar-refractivity contribution in [3.63, 3.8) is 0 Å². The standard InChI is InChI=1S/C29H55N2/c1-18(2)23-14-12-15-24(19(3)4)27(23)30-22(9)29(10,11)31-28-25(20(5)6)16-13-17-26(28)21(7)8/h13,18-21,23-28,31H,12,14-17H2,1-11H3/q+1. The summed E-state index contributed by atoms with van der Waals surface area (Å²) in [5.74, 6) is 5.72. The first-order chi connectivity index (χ1) is 14.4. The van der Waals surface area contributed by atoms with Crippen LogP contribution in [0.15, 0.2) is 4.99 Å². The molecule has 0 aromatic carbocycles. The molecule has 0 saturated heterocycles. The van der Waals surface area contributed by atoms with Gasteiger partial charge in [-0.1, -0.05) is 61.8 Å². The van der Waals surface area contributed by atoms with Crippen LogP contribution in [-0.2, 0) is 0 Å². The fraction of sp³-hybridized carbons (Fsp3) is 0.931. The second-order valence-corrected chi connectivity index (χ2v) is 12.8. The van der Waals surface area contributed by atoms with Crippen molar-refractivity contribution >= 4 is 5.71 Å². The molecular weight excluding hydrogens is 376 g/mol. The highest BCUT2D eigenvalue weighted by Gasteiger charge is 2.44. The van der Waals surface area contributed by atoms with Crippen molar-refractivity contribution in [1.29, 1.82) is 0 Å². The summed E-state index contributed by atoms with van der Waals surface area (Å²) in [6.45, 7) is 26.4. The van der Waals surface area contributed by atoms with Crippen LogP contribution >= 0.6 is 0 Å². The molecule has 0 spiro atoms. The Balaban J connectivity index is 2.31. The van der Waals surface area contributed by atoms with Gasteiger partial charge in [0.1, 0.15) is 0 Å². The zero-order valence-corrected chi connectivity index (χ0v) is 22.8. The molecule has 2 rings (SSSR count). The molecular formula is C29H55N2+. The molecule has 2 nitrogen and oxygen atoms in total. The summed E-state index contributed by atoms with van der Waals surface area (Å²) in [5.41, 5.74) is 1.25. The van der Waals surface area contributed by atoms with Crippen LogP contribution < -0.4 is 5.32 Å². The maximum atomic E-state index is 5.56. The summed E-state index contributed by atoms with van der Waals surface area (Å²) in [5, 5.41) is 4.18. The topological polar surface area (TPSA) is 24.4 Å². The first-order valence-electron chi connectivity index (χ1n) is 13.5. The molecule has 0 aliphatic heterocycles. The van der Waals surface area contributed by atoms with Gasteiger partial charge in [-0.25, -0.2) is 0 Å². The van der Waals surface area contributed by atoms with Crippen LogP contribution in [0.1, 0.15) is 108 Å². The van der Waals surface area contributed by atoms with Gasteiger partial charge in [-0.3, -0.25) is 4.99 Å². The van der Waals surface area contributed by atoms with E-state index >= 15 is 0 Å². The number of hydrogen-bond acceptors (Lipinski definition) is 2. The number of aliphatic imine (C=N–C) groups is 1. The molecule has 4 unspecified atom stereocenters. The predicted octanol–water partition coefficient (Wildman–Crippen LogP) is 7.82. The van der Waals surface area contributed by atoms with Crippen molar-refractivity contribution in [2.45, 2.75) is 126 Å². The third-order valence-electron chi connectivity index (χ3n) is 8.95. The zero-order valence-electron chi connectivity index (χ0n) is 22.8. The van der Waals surface area contributed by atoms with E-state index in [0.717, 1.165) is 23.7 Å². The Labute approximate surface area is 195 Å². The van der Waals surface area contributed by atoms with Gasteiger partial charge < -0.3 is 5.32 Å². The van der Waals surface area contributed by atoms with E-state index in [9.17, 15) is 0 Å². The molecule has 1 N–H and O–H groups in total. The number of hydrogen-bond donors (Lipinski definition) is 1. The van der Waals surface area contributed by atoms with Crippen molar-refractivity contribution in [2.75, 3.05) is 0 Å². The summed E-state index contributed by atoms with van der Waals surface area (Å²) < 4.78 is 0. The fourth-order valence-electron chi connectivity index (χ4n) is 6.48. The summed E-state index contributed by atoms with van der Waals surface area (Å²) in [4.78, 5) is 5.56. The van der Waals surface area contributed by atoms with Crippen LogP contribution in [0.25, 0.3) is 0 Å². The van der Waals surface area contributed by atoms with E-state index in [1.165, 1.54) is 37.8 Å². The summed E-state index contributed by atoms with van der Waals surface area (Å²) in [7, 11) is 0. The van der Waals surface area contributed by atoms with Crippen LogP contribution in [0.5, 0.6) is 0 Å². The Morgan fingerprint density at radius 1 is 0.774 bits per heavy atom. The molecule has 2 aliphatic carbocycles. The average molecular weight is 432 g/mol. The highest BCUT2D eigenvalue weighted by atomic mass is 15.0. The SMILES string of the molecule is CC(=NC1C(C(C)C)CCCC1C(C)C)C(C)(C)NC1C(C(C)C)C[CH+]CC1C(C)C. The molecule has 0 radical (unpaired) electrons. The Hall–Kier alpha value is -0.500. The van der Waals surface area contributed by atoms with Crippen molar-refractivity contribution in [2.24, 2.45) is 52.3 Å². The summed E-state index contributed by atoms with van der Waals surface area (Å²) >= 11 is 0. The maximum absolute atomic E-state index is 5.56. The van der Waals surface area contributed by atoms with Gasteiger partial charge in [0.15, 0.2) is 0 Å². The lowest BCUT2D eigenvalue weighted by molar-refractivity contribution is 0.122. The minimum Gasteiger partial charge on any atom is -0.303 e. The Kier molecular flexibility index (Phi) is 9.56. The largest absolute Gasteiger partial charge is 0.303 e. The molecule has 0 amide bonds. The summed E-state index contributed by atoms with van der Waals surface area (Å²) in [6.07, 6.45) is 9.13. The average Bonchev–Trinajstić information content (AvgIpc) is 2.67. The van der Waals surface area contributed by atoms with Crippen molar-refractivity contribution < 1.29 is 0 Å². The van der Waals surface area contributed by atoms with Crippen LogP contribution in [-0.4, -0.2) is 23.3 Å². The first kappa shape index (κ1) is 26.7. The third kappa shape index (κ3) is 6.52. The van der Waals surface area contributed by atoms with Crippen LogP contribution in [0, 0.1) is 53.8 Å². The van der Waals surface area contributed by atoms with Gasteiger partial charge in [0.25, 0.3) is 0 Å². The van der Waals surface area contributed by atoms with Gasteiger partial charge in [-0.2, -0.15) is 0 Å². The molecule has 2 aliphatic rings. The fourth-order valence-corrected chi connectivity index (χ4v) is 6.48. The molecule has 2 fully saturated rings. The van der Waals surface area contributed by atoms with Gasteiger partial charge in [-0.05, 0) is 69.1 Å². The quantitative estimate of drug-likeness (QED) is 0.307. The molecule has 2 heteroatoms.